The van der Waals surface area contributed by atoms with Gasteiger partial charge in [0.1, 0.15) is 23.4 Å². The molecule has 0 radical (unpaired) electrons. The normalized spacial score (nSPS) is 22.4. The second kappa shape index (κ2) is 6.50. The van der Waals surface area contributed by atoms with Crippen molar-refractivity contribution in [3.05, 3.63) is 35.9 Å². The Hall–Kier alpha value is -2.65. The third-order valence-electron chi connectivity index (χ3n) is 5.11. The van der Waals surface area contributed by atoms with E-state index in [0.29, 0.717) is 41.9 Å². The van der Waals surface area contributed by atoms with Crippen LogP contribution >= 0.6 is 0 Å². The SMILES string of the molecule is OCc1cc2ncc(-c3cncc(N[C@H]4CNC[C@@H]4F)n3)n2nc1C1CC1. The number of imidazole rings is 1. The van der Waals surface area contributed by atoms with Crippen molar-refractivity contribution in [2.75, 3.05) is 18.4 Å². The average Bonchev–Trinajstić information content (AvgIpc) is 3.34. The van der Waals surface area contributed by atoms with Crippen LogP contribution in [0.2, 0.25) is 0 Å². The smallest absolute Gasteiger partial charge is 0.154 e. The zero-order valence-electron chi connectivity index (χ0n) is 14.6. The van der Waals surface area contributed by atoms with Gasteiger partial charge in [0.15, 0.2) is 5.65 Å². The maximum absolute atomic E-state index is 13.8. The molecule has 3 aromatic rings. The minimum absolute atomic E-state index is 0.0451. The molecule has 0 unspecified atom stereocenters. The molecule has 1 saturated carbocycles. The fourth-order valence-electron chi connectivity index (χ4n) is 3.50. The van der Waals surface area contributed by atoms with Crippen LogP contribution in [-0.2, 0) is 6.61 Å². The zero-order chi connectivity index (χ0) is 18.4. The van der Waals surface area contributed by atoms with E-state index in [0.717, 1.165) is 24.1 Å². The number of hydrogen-bond donors (Lipinski definition) is 3. The molecule has 2 atom stereocenters. The first-order chi connectivity index (χ1) is 13.2. The summed E-state index contributed by atoms with van der Waals surface area (Å²) >= 11 is 0. The summed E-state index contributed by atoms with van der Waals surface area (Å²) in [6.07, 6.45) is 6.16. The minimum Gasteiger partial charge on any atom is -0.392 e. The van der Waals surface area contributed by atoms with Crippen LogP contribution in [0.15, 0.2) is 24.7 Å². The number of anilines is 1. The number of halogens is 1. The third kappa shape index (κ3) is 3.02. The highest BCUT2D eigenvalue weighted by molar-refractivity contribution is 5.60. The third-order valence-corrected chi connectivity index (χ3v) is 5.11. The number of fused-ring (bicyclic) bond motifs is 1. The van der Waals surface area contributed by atoms with Gasteiger partial charge in [-0.15, -0.1) is 0 Å². The lowest BCUT2D eigenvalue weighted by atomic mass is 10.1. The Morgan fingerprint density at radius 2 is 2.15 bits per heavy atom. The van der Waals surface area contributed by atoms with Crippen molar-refractivity contribution in [3.63, 3.8) is 0 Å². The number of alkyl halides is 1. The summed E-state index contributed by atoms with van der Waals surface area (Å²) in [7, 11) is 0. The Morgan fingerprint density at radius 3 is 2.89 bits per heavy atom. The topological polar surface area (TPSA) is 100 Å². The molecule has 27 heavy (non-hydrogen) atoms. The first kappa shape index (κ1) is 16.5. The zero-order valence-corrected chi connectivity index (χ0v) is 14.6. The van der Waals surface area contributed by atoms with E-state index in [4.69, 9.17) is 5.10 Å². The molecule has 3 aromatic heterocycles. The van der Waals surface area contributed by atoms with Gasteiger partial charge < -0.3 is 15.7 Å². The van der Waals surface area contributed by atoms with Gasteiger partial charge in [-0.25, -0.2) is 18.9 Å². The second-order valence-corrected chi connectivity index (χ2v) is 7.12. The molecule has 2 aliphatic rings. The van der Waals surface area contributed by atoms with Crippen LogP contribution in [0.1, 0.15) is 30.0 Å². The number of rotatable bonds is 5. The van der Waals surface area contributed by atoms with E-state index in [1.165, 1.54) is 0 Å². The first-order valence-electron chi connectivity index (χ1n) is 9.15. The van der Waals surface area contributed by atoms with E-state index >= 15 is 0 Å². The number of nitrogens with one attached hydrogen (secondary N) is 2. The quantitative estimate of drug-likeness (QED) is 0.623. The lowest BCUT2D eigenvalue weighted by Crippen LogP contribution is -2.29. The number of nitrogens with zero attached hydrogens (tertiary/aromatic N) is 5. The van der Waals surface area contributed by atoms with E-state index in [1.54, 1.807) is 23.1 Å². The van der Waals surface area contributed by atoms with E-state index in [1.807, 2.05) is 6.07 Å². The summed E-state index contributed by atoms with van der Waals surface area (Å²) in [5, 5.41) is 20.5. The molecule has 2 fully saturated rings. The maximum Gasteiger partial charge on any atom is 0.154 e. The highest BCUT2D eigenvalue weighted by Crippen LogP contribution is 2.40. The summed E-state index contributed by atoms with van der Waals surface area (Å²) in [5.74, 6) is 0.926. The lowest BCUT2D eigenvalue weighted by molar-refractivity contribution is 0.279. The fourth-order valence-corrected chi connectivity index (χ4v) is 3.50. The molecular formula is C18H20FN7O. The highest BCUT2D eigenvalue weighted by Gasteiger charge is 2.29. The van der Waals surface area contributed by atoms with Gasteiger partial charge >= 0.3 is 0 Å². The van der Waals surface area contributed by atoms with Crippen molar-refractivity contribution >= 4 is 11.5 Å². The molecule has 0 aromatic carbocycles. The molecule has 3 N–H and O–H groups in total. The van der Waals surface area contributed by atoms with Gasteiger partial charge in [-0.1, -0.05) is 0 Å². The summed E-state index contributed by atoms with van der Waals surface area (Å²) < 4.78 is 15.6. The van der Waals surface area contributed by atoms with Gasteiger partial charge in [-0.3, -0.25) is 4.98 Å². The van der Waals surface area contributed by atoms with Crippen LogP contribution in [0.3, 0.4) is 0 Å². The summed E-state index contributed by atoms with van der Waals surface area (Å²) in [4.78, 5) is 13.2. The van der Waals surface area contributed by atoms with Gasteiger partial charge in [0.2, 0.25) is 0 Å². The lowest BCUT2D eigenvalue weighted by Gasteiger charge is -2.14. The number of hydrogen-bond acceptors (Lipinski definition) is 7. The van der Waals surface area contributed by atoms with Gasteiger partial charge in [0, 0.05) is 24.6 Å². The summed E-state index contributed by atoms with van der Waals surface area (Å²) in [6, 6.07) is 1.56. The molecule has 1 saturated heterocycles. The van der Waals surface area contributed by atoms with Crippen molar-refractivity contribution in [3.8, 4) is 11.4 Å². The Balaban J connectivity index is 1.51. The molecular weight excluding hydrogens is 349 g/mol. The second-order valence-electron chi connectivity index (χ2n) is 7.12. The Kier molecular flexibility index (Phi) is 3.98. The van der Waals surface area contributed by atoms with Crippen LogP contribution in [0.5, 0.6) is 0 Å². The molecule has 8 nitrogen and oxygen atoms in total. The van der Waals surface area contributed by atoms with Crippen LogP contribution < -0.4 is 10.6 Å². The highest BCUT2D eigenvalue weighted by atomic mass is 19.1. The van der Waals surface area contributed by atoms with Gasteiger partial charge in [-0.2, -0.15) is 5.10 Å². The molecule has 0 amide bonds. The van der Waals surface area contributed by atoms with Crippen molar-refractivity contribution in [2.45, 2.75) is 37.6 Å². The van der Waals surface area contributed by atoms with Crippen molar-refractivity contribution in [1.82, 2.24) is 29.9 Å². The van der Waals surface area contributed by atoms with Gasteiger partial charge in [0.05, 0.1) is 36.9 Å². The monoisotopic (exact) mass is 369 g/mol. The van der Waals surface area contributed by atoms with E-state index < -0.39 is 6.17 Å². The maximum atomic E-state index is 13.8. The molecule has 1 aliphatic carbocycles. The predicted octanol–water partition coefficient (Wildman–Crippen LogP) is 1.28. The van der Waals surface area contributed by atoms with Gasteiger partial charge in [-0.05, 0) is 18.9 Å². The average molecular weight is 369 g/mol. The molecule has 0 bridgehead atoms. The van der Waals surface area contributed by atoms with E-state index in [9.17, 15) is 9.50 Å². The summed E-state index contributed by atoms with van der Waals surface area (Å²) in [6.45, 7) is 0.856. The standard InChI is InChI=1S/C18H20FN7O/c19-12-4-20-5-13(12)23-16-8-21-6-14(24-16)15-7-22-17-3-11(9-27)18(10-1-2-10)25-26(15)17/h3,6-8,10,12-13,20,27H,1-2,4-5,9H2,(H,23,24)/t12-,13-/m0/s1. The molecule has 9 heteroatoms. The number of aliphatic hydroxyl groups is 1. The van der Waals surface area contributed by atoms with Crippen LogP contribution in [0.4, 0.5) is 10.2 Å². The Morgan fingerprint density at radius 1 is 1.26 bits per heavy atom. The first-order valence-corrected chi connectivity index (χ1v) is 9.15. The van der Waals surface area contributed by atoms with Crippen molar-refractivity contribution in [2.24, 2.45) is 0 Å². The van der Waals surface area contributed by atoms with E-state index in [-0.39, 0.29) is 12.6 Å². The van der Waals surface area contributed by atoms with Crippen molar-refractivity contribution < 1.29 is 9.50 Å². The van der Waals surface area contributed by atoms with E-state index in [2.05, 4.69) is 25.6 Å². The predicted molar refractivity (Wildman–Crippen MR) is 97.1 cm³/mol. The molecule has 0 spiro atoms. The fraction of sp³-hybridized carbons (Fsp3) is 0.444. The molecule has 4 heterocycles. The number of aliphatic hydroxyl groups excluding tert-OH is 1. The molecule has 140 valence electrons. The van der Waals surface area contributed by atoms with Crippen LogP contribution in [0.25, 0.3) is 17.0 Å². The minimum atomic E-state index is -0.953. The van der Waals surface area contributed by atoms with Crippen molar-refractivity contribution in [1.29, 1.82) is 0 Å². The van der Waals surface area contributed by atoms with Crippen LogP contribution in [-0.4, -0.2) is 55.0 Å². The van der Waals surface area contributed by atoms with Crippen LogP contribution in [0, 0.1) is 0 Å². The van der Waals surface area contributed by atoms with Gasteiger partial charge in [0.25, 0.3) is 0 Å². The molecule has 1 aliphatic heterocycles. The number of aromatic nitrogens is 5. The molecule has 5 rings (SSSR count). The Labute approximate surface area is 154 Å². The summed E-state index contributed by atoms with van der Waals surface area (Å²) in [5.41, 5.74) is 3.73. The largest absolute Gasteiger partial charge is 0.392 e. The Bertz CT molecular complexity index is 987.